The number of esters is 1. The number of carbonyl (C=O) groups excluding carboxylic acids is 2. The van der Waals surface area contributed by atoms with Gasteiger partial charge in [0.05, 0.1) is 6.61 Å². The summed E-state index contributed by atoms with van der Waals surface area (Å²) in [6, 6.07) is 5.83. The molecule has 0 spiro atoms. The van der Waals surface area contributed by atoms with Crippen molar-refractivity contribution in [2.75, 3.05) is 11.9 Å². The maximum Gasteiger partial charge on any atom is 0.341 e. The van der Waals surface area contributed by atoms with Crippen LogP contribution in [0.1, 0.15) is 30.6 Å². The molecule has 0 unspecified atom stereocenters. The Hall–Kier alpha value is -2.21. The van der Waals surface area contributed by atoms with Crippen LogP contribution in [0, 0.1) is 5.82 Å². The van der Waals surface area contributed by atoms with Gasteiger partial charge in [-0.05, 0) is 24.6 Å². The molecule has 1 heterocycles. The van der Waals surface area contributed by atoms with Gasteiger partial charge in [-0.2, -0.15) is 0 Å². The van der Waals surface area contributed by atoms with Gasteiger partial charge < -0.3 is 10.1 Å². The standard InChI is InChI=1S/C16H16FNO3S/c1-3-13(19)18-15-14(16(20)21-4-2)12(9-22-15)10-5-7-11(17)8-6-10/h5-9H,3-4H2,1-2H3,(H,18,19). The molecule has 116 valence electrons. The zero-order valence-corrected chi connectivity index (χ0v) is 13.1. The van der Waals surface area contributed by atoms with Crippen molar-refractivity contribution in [2.24, 2.45) is 0 Å². The summed E-state index contributed by atoms with van der Waals surface area (Å²) in [5.41, 5.74) is 1.62. The minimum atomic E-state index is -0.505. The third-order valence-electron chi connectivity index (χ3n) is 3.00. The van der Waals surface area contributed by atoms with Gasteiger partial charge in [0.25, 0.3) is 0 Å². The van der Waals surface area contributed by atoms with E-state index >= 15 is 0 Å². The molecule has 2 aromatic rings. The second-order valence-corrected chi connectivity index (χ2v) is 5.36. The minimum absolute atomic E-state index is 0.182. The molecule has 1 amide bonds. The number of thiophene rings is 1. The molecule has 0 fully saturated rings. The molecule has 0 saturated heterocycles. The van der Waals surface area contributed by atoms with Crippen molar-refractivity contribution in [1.29, 1.82) is 0 Å². The zero-order chi connectivity index (χ0) is 16.1. The Morgan fingerprint density at radius 3 is 2.50 bits per heavy atom. The summed E-state index contributed by atoms with van der Waals surface area (Å²) in [5.74, 6) is -1.04. The van der Waals surface area contributed by atoms with E-state index in [1.807, 2.05) is 0 Å². The van der Waals surface area contributed by atoms with Gasteiger partial charge in [-0.3, -0.25) is 4.79 Å². The number of carbonyl (C=O) groups is 2. The Bertz CT molecular complexity index is 679. The van der Waals surface area contributed by atoms with Crippen LogP contribution >= 0.6 is 11.3 Å². The lowest BCUT2D eigenvalue weighted by Gasteiger charge is -2.08. The molecule has 0 saturated carbocycles. The topological polar surface area (TPSA) is 55.4 Å². The number of benzene rings is 1. The van der Waals surface area contributed by atoms with Crippen LogP contribution < -0.4 is 5.32 Å². The fourth-order valence-electron chi connectivity index (χ4n) is 1.91. The van der Waals surface area contributed by atoms with Crippen LogP contribution in [-0.4, -0.2) is 18.5 Å². The van der Waals surface area contributed by atoms with Crippen molar-refractivity contribution in [3.05, 3.63) is 41.0 Å². The third-order valence-corrected chi connectivity index (χ3v) is 3.90. The Balaban J connectivity index is 2.47. The number of rotatable bonds is 5. The predicted octanol–water partition coefficient (Wildman–Crippen LogP) is 4.08. The van der Waals surface area contributed by atoms with Gasteiger partial charge in [0.1, 0.15) is 16.4 Å². The van der Waals surface area contributed by atoms with Crippen LogP contribution in [0.3, 0.4) is 0 Å². The van der Waals surface area contributed by atoms with Crippen LogP contribution in [0.15, 0.2) is 29.6 Å². The normalized spacial score (nSPS) is 10.3. The minimum Gasteiger partial charge on any atom is -0.462 e. The molecule has 0 aliphatic carbocycles. The first-order valence-electron chi connectivity index (χ1n) is 6.91. The van der Waals surface area contributed by atoms with Crippen molar-refractivity contribution in [3.63, 3.8) is 0 Å². The number of hydrogen-bond acceptors (Lipinski definition) is 4. The molecular formula is C16H16FNO3S. The quantitative estimate of drug-likeness (QED) is 0.844. The molecule has 4 nitrogen and oxygen atoms in total. The van der Waals surface area contributed by atoms with E-state index in [2.05, 4.69) is 5.32 Å². The second-order valence-electron chi connectivity index (χ2n) is 4.48. The van der Waals surface area contributed by atoms with Gasteiger partial charge in [0, 0.05) is 17.4 Å². The van der Waals surface area contributed by atoms with Gasteiger partial charge in [0.15, 0.2) is 0 Å². The Labute approximate surface area is 131 Å². The lowest BCUT2D eigenvalue weighted by Crippen LogP contribution is -2.13. The molecule has 6 heteroatoms. The summed E-state index contributed by atoms with van der Waals surface area (Å²) >= 11 is 1.25. The van der Waals surface area contributed by atoms with Gasteiger partial charge >= 0.3 is 5.97 Å². The highest BCUT2D eigenvalue weighted by Crippen LogP contribution is 2.36. The fourth-order valence-corrected chi connectivity index (χ4v) is 2.89. The number of nitrogens with one attached hydrogen (secondary N) is 1. The highest BCUT2D eigenvalue weighted by molar-refractivity contribution is 7.15. The predicted molar refractivity (Wildman–Crippen MR) is 84.6 cm³/mol. The first kappa shape index (κ1) is 16.2. The SMILES string of the molecule is CCOC(=O)c1c(-c2ccc(F)cc2)csc1NC(=O)CC. The fraction of sp³-hybridized carbons (Fsp3) is 0.250. The summed E-state index contributed by atoms with van der Waals surface area (Å²) in [5, 5.41) is 4.91. The van der Waals surface area contributed by atoms with Crippen molar-refractivity contribution in [2.45, 2.75) is 20.3 Å². The lowest BCUT2D eigenvalue weighted by atomic mass is 10.0. The van der Waals surface area contributed by atoms with Gasteiger partial charge in [0.2, 0.25) is 5.91 Å². The maximum atomic E-state index is 13.1. The number of hydrogen-bond donors (Lipinski definition) is 1. The van der Waals surface area contributed by atoms with Crippen LogP contribution in [0.4, 0.5) is 9.39 Å². The summed E-state index contributed by atoms with van der Waals surface area (Å²) in [7, 11) is 0. The molecule has 1 aromatic heterocycles. The zero-order valence-electron chi connectivity index (χ0n) is 12.3. The molecule has 0 aliphatic heterocycles. The number of halogens is 1. The molecular weight excluding hydrogens is 305 g/mol. The van der Waals surface area contributed by atoms with Crippen molar-refractivity contribution in [1.82, 2.24) is 0 Å². The molecule has 1 aromatic carbocycles. The van der Waals surface area contributed by atoms with Crippen molar-refractivity contribution < 1.29 is 18.7 Å². The van der Waals surface area contributed by atoms with E-state index in [-0.39, 0.29) is 18.3 Å². The van der Waals surface area contributed by atoms with Crippen molar-refractivity contribution >= 4 is 28.2 Å². The molecule has 22 heavy (non-hydrogen) atoms. The molecule has 0 aliphatic rings. The number of ether oxygens (including phenoxy) is 1. The molecule has 2 rings (SSSR count). The van der Waals surface area contributed by atoms with Crippen LogP contribution in [-0.2, 0) is 9.53 Å². The molecule has 0 atom stereocenters. The van der Waals surface area contributed by atoms with E-state index in [4.69, 9.17) is 4.74 Å². The first-order valence-corrected chi connectivity index (χ1v) is 7.79. The van der Waals surface area contributed by atoms with E-state index in [0.717, 1.165) is 0 Å². The smallest absolute Gasteiger partial charge is 0.341 e. The molecule has 1 N–H and O–H groups in total. The van der Waals surface area contributed by atoms with Gasteiger partial charge in [-0.1, -0.05) is 19.1 Å². The largest absolute Gasteiger partial charge is 0.462 e. The molecule has 0 bridgehead atoms. The van der Waals surface area contributed by atoms with E-state index in [9.17, 15) is 14.0 Å². The number of anilines is 1. The van der Waals surface area contributed by atoms with Crippen LogP contribution in [0.2, 0.25) is 0 Å². The number of amides is 1. The summed E-state index contributed by atoms with van der Waals surface area (Å²) in [4.78, 5) is 23.8. The average molecular weight is 321 g/mol. The Morgan fingerprint density at radius 1 is 1.23 bits per heavy atom. The monoisotopic (exact) mass is 321 g/mol. The van der Waals surface area contributed by atoms with E-state index in [1.165, 1.54) is 23.5 Å². The highest BCUT2D eigenvalue weighted by Gasteiger charge is 2.22. The van der Waals surface area contributed by atoms with Crippen molar-refractivity contribution in [3.8, 4) is 11.1 Å². The average Bonchev–Trinajstić information content (AvgIpc) is 2.91. The Morgan fingerprint density at radius 2 is 1.91 bits per heavy atom. The lowest BCUT2D eigenvalue weighted by molar-refractivity contribution is -0.115. The maximum absolute atomic E-state index is 13.1. The van der Waals surface area contributed by atoms with Gasteiger partial charge in [-0.15, -0.1) is 11.3 Å². The van der Waals surface area contributed by atoms with E-state index < -0.39 is 5.97 Å². The van der Waals surface area contributed by atoms with Crippen LogP contribution in [0.5, 0.6) is 0 Å². The highest BCUT2D eigenvalue weighted by atomic mass is 32.1. The van der Waals surface area contributed by atoms with E-state index in [1.54, 1.807) is 31.4 Å². The second kappa shape index (κ2) is 7.17. The Kier molecular flexibility index (Phi) is 5.27. The summed E-state index contributed by atoms with van der Waals surface area (Å²) in [6.45, 7) is 3.68. The summed E-state index contributed by atoms with van der Waals surface area (Å²) in [6.07, 6.45) is 0.312. The van der Waals surface area contributed by atoms with E-state index in [0.29, 0.717) is 28.1 Å². The first-order chi connectivity index (χ1) is 10.6. The summed E-state index contributed by atoms with van der Waals surface area (Å²) < 4.78 is 18.1. The molecule has 0 radical (unpaired) electrons. The van der Waals surface area contributed by atoms with Gasteiger partial charge in [-0.25, -0.2) is 9.18 Å². The van der Waals surface area contributed by atoms with Crippen LogP contribution in [0.25, 0.3) is 11.1 Å². The third kappa shape index (κ3) is 3.51.